The highest BCUT2D eigenvalue weighted by molar-refractivity contribution is 9.10. The zero-order chi connectivity index (χ0) is 11.3. The Balaban J connectivity index is 2.47. The molecule has 1 nitrogen and oxygen atoms in total. The zero-order valence-corrected chi connectivity index (χ0v) is 11.4. The van der Waals surface area contributed by atoms with Crippen molar-refractivity contribution in [2.45, 2.75) is 24.8 Å². The number of allylic oxidation sites excluding steroid dienone is 1. The van der Waals surface area contributed by atoms with Gasteiger partial charge in [-0.25, -0.2) is 0 Å². The fraction of sp³-hybridized carbons (Fsp3) is 0.333. The van der Waals surface area contributed by atoms with Gasteiger partial charge in [-0.15, -0.1) is 11.8 Å². The molecule has 0 amide bonds. The SMILES string of the molecule is CC(C)=CC(N)CSc1cccc(Br)c1. The number of benzene rings is 1. The lowest BCUT2D eigenvalue weighted by Gasteiger charge is -2.07. The number of halogens is 1. The standard InChI is InChI=1S/C12H16BrNS/c1-9(2)6-11(14)8-15-12-5-3-4-10(13)7-12/h3-7,11H,8,14H2,1-2H3. The van der Waals surface area contributed by atoms with Gasteiger partial charge in [-0.2, -0.15) is 0 Å². The van der Waals surface area contributed by atoms with Crippen molar-refractivity contribution >= 4 is 27.7 Å². The highest BCUT2D eigenvalue weighted by Gasteiger charge is 2.00. The van der Waals surface area contributed by atoms with E-state index in [4.69, 9.17) is 5.73 Å². The Morgan fingerprint density at radius 1 is 1.53 bits per heavy atom. The van der Waals surface area contributed by atoms with E-state index in [1.54, 1.807) is 11.8 Å². The fourth-order valence-corrected chi connectivity index (χ4v) is 2.64. The molecule has 0 saturated heterocycles. The quantitative estimate of drug-likeness (QED) is 0.672. The van der Waals surface area contributed by atoms with E-state index in [-0.39, 0.29) is 6.04 Å². The summed E-state index contributed by atoms with van der Waals surface area (Å²) in [6.45, 7) is 4.15. The molecule has 0 bridgehead atoms. The van der Waals surface area contributed by atoms with Crippen LogP contribution in [-0.2, 0) is 0 Å². The first-order valence-electron chi connectivity index (χ1n) is 4.87. The maximum atomic E-state index is 5.95. The van der Waals surface area contributed by atoms with Crippen molar-refractivity contribution in [2.24, 2.45) is 5.73 Å². The molecular formula is C12H16BrNS. The van der Waals surface area contributed by atoms with E-state index in [1.807, 2.05) is 12.1 Å². The van der Waals surface area contributed by atoms with Gasteiger partial charge in [0.05, 0.1) is 0 Å². The Morgan fingerprint density at radius 3 is 2.87 bits per heavy atom. The van der Waals surface area contributed by atoms with Crippen LogP contribution in [0.5, 0.6) is 0 Å². The Hall–Kier alpha value is -0.250. The zero-order valence-electron chi connectivity index (χ0n) is 9.03. The molecule has 0 fully saturated rings. The van der Waals surface area contributed by atoms with Crippen molar-refractivity contribution in [1.29, 1.82) is 0 Å². The van der Waals surface area contributed by atoms with Crippen molar-refractivity contribution in [1.82, 2.24) is 0 Å². The van der Waals surface area contributed by atoms with Crippen molar-refractivity contribution < 1.29 is 0 Å². The van der Waals surface area contributed by atoms with Gasteiger partial charge in [-0.05, 0) is 32.0 Å². The molecule has 2 N–H and O–H groups in total. The third kappa shape index (κ3) is 5.40. The third-order valence-corrected chi connectivity index (χ3v) is 3.42. The molecule has 1 unspecified atom stereocenters. The molecule has 82 valence electrons. The Kier molecular flexibility index (Phi) is 5.43. The van der Waals surface area contributed by atoms with E-state index in [2.05, 4.69) is 48.0 Å². The molecular weight excluding hydrogens is 270 g/mol. The first-order valence-corrected chi connectivity index (χ1v) is 6.65. The smallest absolute Gasteiger partial charge is 0.0321 e. The van der Waals surface area contributed by atoms with E-state index in [1.165, 1.54) is 10.5 Å². The Bertz CT molecular complexity index is 345. The molecule has 0 saturated carbocycles. The molecule has 0 aromatic heterocycles. The van der Waals surface area contributed by atoms with E-state index in [0.717, 1.165) is 10.2 Å². The van der Waals surface area contributed by atoms with E-state index in [9.17, 15) is 0 Å². The molecule has 0 radical (unpaired) electrons. The van der Waals surface area contributed by atoms with Crippen LogP contribution in [0.15, 0.2) is 45.3 Å². The van der Waals surface area contributed by atoms with Crippen molar-refractivity contribution in [2.75, 3.05) is 5.75 Å². The number of rotatable bonds is 4. The highest BCUT2D eigenvalue weighted by atomic mass is 79.9. The number of thioether (sulfide) groups is 1. The summed E-state index contributed by atoms with van der Waals surface area (Å²) < 4.78 is 1.11. The van der Waals surface area contributed by atoms with Crippen LogP contribution in [0.4, 0.5) is 0 Å². The average Bonchev–Trinajstić information content (AvgIpc) is 2.14. The highest BCUT2D eigenvalue weighted by Crippen LogP contribution is 2.22. The van der Waals surface area contributed by atoms with Crippen molar-refractivity contribution in [3.05, 3.63) is 40.4 Å². The monoisotopic (exact) mass is 285 g/mol. The minimum Gasteiger partial charge on any atom is -0.324 e. The third-order valence-electron chi connectivity index (χ3n) is 1.79. The largest absolute Gasteiger partial charge is 0.324 e. The second-order valence-corrected chi connectivity index (χ2v) is 5.69. The molecule has 1 atom stereocenters. The van der Waals surface area contributed by atoms with Gasteiger partial charge in [0.2, 0.25) is 0 Å². The summed E-state index contributed by atoms with van der Waals surface area (Å²) in [6, 6.07) is 8.42. The van der Waals surface area contributed by atoms with Crippen LogP contribution in [-0.4, -0.2) is 11.8 Å². The number of hydrogen-bond donors (Lipinski definition) is 1. The van der Waals surface area contributed by atoms with Crippen LogP contribution in [0.25, 0.3) is 0 Å². The van der Waals surface area contributed by atoms with Gasteiger partial charge in [0.15, 0.2) is 0 Å². The first-order chi connectivity index (χ1) is 7.08. The van der Waals surface area contributed by atoms with Gasteiger partial charge in [-0.1, -0.05) is 33.6 Å². The lowest BCUT2D eigenvalue weighted by molar-refractivity contribution is 0.927. The second kappa shape index (κ2) is 6.36. The Morgan fingerprint density at radius 2 is 2.27 bits per heavy atom. The van der Waals surface area contributed by atoms with Crippen molar-refractivity contribution in [3.8, 4) is 0 Å². The summed E-state index contributed by atoms with van der Waals surface area (Å²) in [5.41, 5.74) is 7.23. The van der Waals surface area contributed by atoms with Gasteiger partial charge in [0.25, 0.3) is 0 Å². The van der Waals surface area contributed by atoms with Crippen LogP contribution in [0.3, 0.4) is 0 Å². The maximum absolute atomic E-state index is 5.95. The molecule has 3 heteroatoms. The van der Waals surface area contributed by atoms with Crippen LogP contribution in [0.1, 0.15) is 13.8 Å². The molecule has 0 aliphatic carbocycles. The molecule has 0 aliphatic rings. The lowest BCUT2D eigenvalue weighted by Crippen LogP contribution is -2.19. The molecule has 15 heavy (non-hydrogen) atoms. The van der Waals surface area contributed by atoms with Gasteiger partial charge in [0.1, 0.15) is 0 Å². The number of nitrogens with two attached hydrogens (primary N) is 1. The topological polar surface area (TPSA) is 26.0 Å². The lowest BCUT2D eigenvalue weighted by atomic mass is 10.2. The van der Waals surface area contributed by atoms with Gasteiger partial charge < -0.3 is 5.73 Å². The summed E-state index contributed by atoms with van der Waals surface area (Å²) in [6.07, 6.45) is 2.10. The molecule has 1 aromatic rings. The molecule has 0 aliphatic heterocycles. The van der Waals surface area contributed by atoms with Crippen LogP contribution < -0.4 is 5.73 Å². The molecule has 0 spiro atoms. The Labute approximate surface area is 104 Å². The minimum absolute atomic E-state index is 0.138. The summed E-state index contributed by atoms with van der Waals surface area (Å²) in [5, 5.41) is 0. The van der Waals surface area contributed by atoms with E-state index < -0.39 is 0 Å². The summed E-state index contributed by atoms with van der Waals surface area (Å²) in [4.78, 5) is 1.25. The molecule has 0 heterocycles. The van der Waals surface area contributed by atoms with Gasteiger partial charge in [-0.3, -0.25) is 0 Å². The fourth-order valence-electron chi connectivity index (χ4n) is 1.23. The van der Waals surface area contributed by atoms with Crippen molar-refractivity contribution in [3.63, 3.8) is 0 Å². The summed E-state index contributed by atoms with van der Waals surface area (Å²) >= 11 is 5.24. The minimum atomic E-state index is 0.138. The average molecular weight is 286 g/mol. The predicted octanol–water partition coefficient (Wildman–Crippen LogP) is 3.83. The van der Waals surface area contributed by atoms with Gasteiger partial charge >= 0.3 is 0 Å². The van der Waals surface area contributed by atoms with Crippen LogP contribution in [0, 0.1) is 0 Å². The van der Waals surface area contributed by atoms with E-state index >= 15 is 0 Å². The molecule has 1 rings (SSSR count). The summed E-state index contributed by atoms with van der Waals surface area (Å²) in [7, 11) is 0. The normalized spacial score (nSPS) is 12.3. The van der Waals surface area contributed by atoms with Crippen LogP contribution >= 0.6 is 27.7 Å². The first kappa shape index (κ1) is 12.8. The molecule has 1 aromatic carbocycles. The van der Waals surface area contributed by atoms with Crippen LogP contribution in [0.2, 0.25) is 0 Å². The summed E-state index contributed by atoms with van der Waals surface area (Å²) in [5.74, 6) is 0.918. The predicted molar refractivity (Wildman–Crippen MR) is 72.3 cm³/mol. The van der Waals surface area contributed by atoms with Gasteiger partial charge in [0, 0.05) is 21.2 Å². The number of hydrogen-bond acceptors (Lipinski definition) is 2. The maximum Gasteiger partial charge on any atom is 0.0321 e. The van der Waals surface area contributed by atoms with E-state index in [0.29, 0.717) is 0 Å². The second-order valence-electron chi connectivity index (χ2n) is 3.68.